The number of ether oxygens (including phenoxy) is 1. The monoisotopic (exact) mass is 264 g/mol. The molecule has 1 aromatic heterocycles. The first-order valence-electron chi connectivity index (χ1n) is 6.15. The molecule has 1 amide bonds. The van der Waals surface area contributed by atoms with Crippen LogP contribution in [0.5, 0.6) is 11.6 Å². The number of rotatable bonds is 3. The van der Waals surface area contributed by atoms with Crippen molar-refractivity contribution in [1.29, 1.82) is 0 Å². The van der Waals surface area contributed by atoms with Crippen LogP contribution in [0.4, 0.5) is 0 Å². The van der Waals surface area contributed by atoms with Gasteiger partial charge in [0, 0.05) is 12.3 Å². The fraction of sp³-hybridized carbons (Fsp3) is 0. The summed E-state index contributed by atoms with van der Waals surface area (Å²) in [4.78, 5) is 15.0. The first-order valence-corrected chi connectivity index (χ1v) is 6.15. The van der Waals surface area contributed by atoms with Gasteiger partial charge in [-0.3, -0.25) is 4.79 Å². The van der Waals surface area contributed by atoms with Crippen molar-refractivity contribution in [2.75, 3.05) is 0 Å². The van der Waals surface area contributed by atoms with E-state index in [0.717, 1.165) is 10.8 Å². The molecule has 20 heavy (non-hydrogen) atoms. The maximum Gasteiger partial charge on any atom is 0.250 e. The molecule has 0 radical (unpaired) electrons. The quantitative estimate of drug-likeness (QED) is 0.790. The average molecular weight is 264 g/mol. The number of aromatic nitrogens is 1. The van der Waals surface area contributed by atoms with Crippen molar-refractivity contribution in [2.45, 2.75) is 0 Å². The van der Waals surface area contributed by atoms with Gasteiger partial charge in [0.05, 0.1) is 5.56 Å². The molecule has 0 saturated heterocycles. The van der Waals surface area contributed by atoms with Gasteiger partial charge in [-0.1, -0.05) is 30.3 Å². The SMILES string of the molecule is NC(=O)c1ccc(Oc2ccc3ccccc3c2)nc1. The standard InChI is InChI=1S/C16H12N2O2/c17-16(19)13-6-8-15(18-10-13)20-14-7-5-11-3-1-2-4-12(11)9-14/h1-10H,(H2,17,19). The van der Waals surface area contributed by atoms with Crippen LogP contribution in [0.1, 0.15) is 10.4 Å². The molecule has 0 aliphatic carbocycles. The highest BCUT2D eigenvalue weighted by atomic mass is 16.5. The van der Waals surface area contributed by atoms with Crippen LogP contribution in [0.15, 0.2) is 60.8 Å². The minimum atomic E-state index is -0.505. The first kappa shape index (κ1) is 12.2. The Kier molecular flexibility index (Phi) is 3.05. The van der Waals surface area contributed by atoms with Crippen LogP contribution >= 0.6 is 0 Å². The number of amides is 1. The van der Waals surface area contributed by atoms with Crippen LogP contribution in [0, 0.1) is 0 Å². The lowest BCUT2D eigenvalue weighted by atomic mass is 10.1. The molecule has 4 nitrogen and oxygen atoms in total. The lowest BCUT2D eigenvalue weighted by Gasteiger charge is -2.06. The zero-order valence-corrected chi connectivity index (χ0v) is 10.6. The van der Waals surface area contributed by atoms with Gasteiger partial charge in [0.25, 0.3) is 0 Å². The Hall–Kier alpha value is -2.88. The summed E-state index contributed by atoms with van der Waals surface area (Å²) < 4.78 is 5.66. The van der Waals surface area contributed by atoms with Crippen molar-refractivity contribution in [1.82, 2.24) is 4.98 Å². The normalized spacial score (nSPS) is 10.4. The smallest absolute Gasteiger partial charge is 0.250 e. The molecule has 3 aromatic rings. The summed E-state index contributed by atoms with van der Waals surface area (Å²) in [6, 6.07) is 17.1. The minimum absolute atomic E-state index is 0.357. The Morgan fingerprint density at radius 2 is 1.80 bits per heavy atom. The molecule has 0 aliphatic heterocycles. The van der Waals surface area contributed by atoms with Crippen LogP contribution in [0.25, 0.3) is 10.8 Å². The van der Waals surface area contributed by atoms with E-state index in [1.807, 2.05) is 42.5 Å². The van der Waals surface area contributed by atoms with Crippen molar-refractivity contribution in [3.63, 3.8) is 0 Å². The van der Waals surface area contributed by atoms with Crippen LogP contribution in [-0.4, -0.2) is 10.9 Å². The molecule has 0 spiro atoms. The van der Waals surface area contributed by atoms with Gasteiger partial charge >= 0.3 is 0 Å². The molecule has 2 N–H and O–H groups in total. The minimum Gasteiger partial charge on any atom is -0.439 e. The maximum atomic E-state index is 11.0. The average Bonchev–Trinajstić information content (AvgIpc) is 2.48. The molecular weight excluding hydrogens is 252 g/mol. The Morgan fingerprint density at radius 3 is 2.50 bits per heavy atom. The van der Waals surface area contributed by atoms with Crippen molar-refractivity contribution in [2.24, 2.45) is 5.73 Å². The zero-order chi connectivity index (χ0) is 13.9. The number of primary amides is 1. The first-order chi connectivity index (χ1) is 9.72. The Labute approximate surface area is 115 Å². The lowest BCUT2D eigenvalue weighted by Crippen LogP contribution is -2.10. The van der Waals surface area contributed by atoms with E-state index in [0.29, 0.717) is 17.2 Å². The van der Waals surface area contributed by atoms with Crippen molar-refractivity contribution in [3.05, 3.63) is 66.4 Å². The number of nitrogens with two attached hydrogens (primary N) is 1. The fourth-order valence-electron chi connectivity index (χ4n) is 1.94. The molecule has 98 valence electrons. The zero-order valence-electron chi connectivity index (χ0n) is 10.6. The van der Waals surface area contributed by atoms with Gasteiger partial charge < -0.3 is 10.5 Å². The second kappa shape index (κ2) is 5.01. The molecule has 0 fully saturated rings. The van der Waals surface area contributed by atoms with Crippen LogP contribution < -0.4 is 10.5 Å². The summed E-state index contributed by atoms with van der Waals surface area (Å²) in [5.74, 6) is 0.614. The summed E-state index contributed by atoms with van der Waals surface area (Å²) in [6.45, 7) is 0. The Bertz CT molecular complexity index is 767. The van der Waals surface area contributed by atoms with Gasteiger partial charge in [-0.25, -0.2) is 4.98 Å². The molecule has 0 aliphatic rings. The van der Waals surface area contributed by atoms with Gasteiger partial charge in [0.2, 0.25) is 11.8 Å². The number of pyridine rings is 1. The van der Waals surface area contributed by atoms with Crippen LogP contribution in [-0.2, 0) is 0 Å². The lowest BCUT2D eigenvalue weighted by molar-refractivity contribution is 0.1000. The predicted molar refractivity (Wildman–Crippen MR) is 76.8 cm³/mol. The van der Waals surface area contributed by atoms with E-state index in [1.165, 1.54) is 6.20 Å². The predicted octanol–water partition coefficient (Wildman–Crippen LogP) is 3.13. The topological polar surface area (TPSA) is 65.2 Å². The van der Waals surface area contributed by atoms with E-state index in [9.17, 15) is 4.79 Å². The van der Waals surface area contributed by atoms with Crippen molar-refractivity contribution < 1.29 is 9.53 Å². The summed E-state index contributed by atoms with van der Waals surface area (Å²) in [6.07, 6.45) is 1.40. The highest BCUT2D eigenvalue weighted by molar-refractivity contribution is 5.92. The van der Waals surface area contributed by atoms with E-state index >= 15 is 0 Å². The molecule has 0 saturated carbocycles. The number of fused-ring (bicyclic) bond motifs is 1. The highest BCUT2D eigenvalue weighted by Crippen LogP contribution is 2.24. The number of nitrogens with zero attached hydrogens (tertiary/aromatic N) is 1. The van der Waals surface area contributed by atoms with E-state index < -0.39 is 5.91 Å². The van der Waals surface area contributed by atoms with E-state index in [2.05, 4.69) is 4.98 Å². The van der Waals surface area contributed by atoms with Gasteiger partial charge in [-0.05, 0) is 29.0 Å². The van der Waals surface area contributed by atoms with E-state index in [-0.39, 0.29) is 0 Å². The van der Waals surface area contributed by atoms with Crippen LogP contribution in [0.3, 0.4) is 0 Å². The summed E-state index contributed by atoms with van der Waals surface area (Å²) in [7, 11) is 0. The molecule has 4 heteroatoms. The third-order valence-corrected chi connectivity index (χ3v) is 2.96. The molecule has 0 atom stereocenters. The van der Waals surface area contributed by atoms with Gasteiger partial charge in [-0.2, -0.15) is 0 Å². The Balaban J connectivity index is 1.87. The third-order valence-electron chi connectivity index (χ3n) is 2.96. The third kappa shape index (κ3) is 2.44. The Morgan fingerprint density at radius 1 is 1.00 bits per heavy atom. The van der Waals surface area contributed by atoms with E-state index in [1.54, 1.807) is 12.1 Å². The van der Waals surface area contributed by atoms with Gasteiger partial charge in [0.15, 0.2) is 0 Å². The number of carbonyl (C=O) groups is 1. The molecule has 0 bridgehead atoms. The van der Waals surface area contributed by atoms with Gasteiger partial charge in [0.1, 0.15) is 5.75 Å². The van der Waals surface area contributed by atoms with Crippen LogP contribution in [0.2, 0.25) is 0 Å². The van der Waals surface area contributed by atoms with E-state index in [4.69, 9.17) is 10.5 Å². The van der Waals surface area contributed by atoms with Crippen molar-refractivity contribution in [3.8, 4) is 11.6 Å². The number of hydrogen-bond donors (Lipinski definition) is 1. The summed E-state index contributed by atoms with van der Waals surface area (Å²) >= 11 is 0. The number of carbonyl (C=O) groups excluding carboxylic acids is 1. The molecular formula is C16H12N2O2. The maximum absolute atomic E-state index is 11.0. The second-order valence-corrected chi connectivity index (χ2v) is 4.36. The molecule has 0 unspecified atom stereocenters. The molecule has 1 heterocycles. The van der Waals surface area contributed by atoms with Gasteiger partial charge in [-0.15, -0.1) is 0 Å². The number of benzene rings is 2. The highest BCUT2D eigenvalue weighted by Gasteiger charge is 2.03. The largest absolute Gasteiger partial charge is 0.439 e. The second-order valence-electron chi connectivity index (χ2n) is 4.36. The summed E-state index contributed by atoms with van der Waals surface area (Å²) in [5, 5.41) is 2.25. The summed E-state index contributed by atoms with van der Waals surface area (Å²) in [5.41, 5.74) is 5.52. The molecule has 2 aromatic carbocycles. The fourth-order valence-corrected chi connectivity index (χ4v) is 1.94. The number of hydrogen-bond acceptors (Lipinski definition) is 3. The van der Waals surface area contributed by atoms with Crippen molar-refractivity contribution >= 4 is 16.7 Å². The molecule has 3 rings (SSSR count).